The number of para-hydroxylation sites is 1. The lowest BCUT2D eigenvalue weighted by Gasteiger charge is -2.31. The van der Waals surface area contributed by atoms with Crippen molar-refractivity contribution in [1.82, 2.24) is 19.2 Å². The Hall–Kier alpha value is -4.85. The molecule has 7 nitrogen and oxygen atoms in total. The van der Waals surface area contributed by atoms with Gasteiger partial charge in [-0.15, -0.1) is 0 Å². The van der Waals surface area contributed by atoms with E-state index in [1.807, 2.05) is 82.5 Å². The average Bonchev–Trinajstić information content (AvgIpc) is 3.55. The van der Waals surface area contributed by atoms with Crippen LogP contribution in [0.2, 0.25) is 0 Å². The molecule has 0 bridgehead atoms. The van der Waals surface area contributed by atoms with Crippen molar-refractivity contribution < 1.29 is 13.9 Å². The number of aryl methyl sites for hydroxylation is 1. The highest BCUT2D eigenvalue weighted by atomic mass is 19.1. The number of carbonyl (C=O) groups is 1. The second-order valence-corrected chi connectivity index (χ2v) is 9.40. The lowest BCUT2D eigenvalue weighted by atomic mass is 10.0. The summed E-state index contributed by atoms with van der Waals surface area (Å²) in [6, 6.07) is 26.9. The lowest BCUT2D eigenvalue weighted by Crippen LogP contribution is -2.38. The largest absolute Gasteiger partial charge is 0.497 e. The molecule has 0 spiro atoms. The Morgan fingerprint density at radius 3 is 2.56 bits per heavy atom. The van der Waals surface area contributed by atoms with Crippen molar-refractivity contribution >= 4 is 11.7 Å². The number of hydrogen-bond acceptors (Lipinski definition) is 3. The Bertz CT molecular complexity index is 1620. The highest BCUT2D eigenvalue weighted by Gasteiger charge is 2.36. The summed E-state index contributed by atoms with van der Waals surface area (Å²) in [5.74, 6) is 1.25. The molecule has 8 heteroatoms. The fourth-order valence-corrected chi connectivity index (χ4v) is 5.24. The zero-order chi connectivity index (χ0) is 26.9. The summed E-state index contributed by atoms with van der Waals surface area (Å²) in [7, 11) is 1.63. The van der Waals surface area contributed by atoms with Crippen molar-refractivity contribution in [2.75, 3.05) is 12.4 Å². The lowest BCUT2D eigenvalue weighted by molar-refractivity contribution is 0.194. The van der Waals surface area contributed by atoms with Crippen LogP contribution >= 0.6 is 0 Å². The number of urea groups is 1. The number of aromatic nitrogens is 3. The summed E-state index contributed by atoms with van der Waals surface area (Å²) in [5.41, 5.74) is 5.16. The molecule has 1 N–H and O–H groups in total. The zero-order valence-corrected chi connectivity index (χ0v) is 21.7. The van der Waals surface area contributed by atoms with Crippen LogP contribution in [0.3, 0.4) is 0 Å². The number of halogens is 1. The second-order valence-electron chi connectivity index (χ2n) is 9.40. The molecule has 1 atom stereocenters. The third kappa shape index (κ3) is 4.44. The first-order chi connectivity index (χ1) is 19.1. The Morgan fingerprint density at radius 2 is 1.82 bits per heavy atom. The van der Waals surface area contributed by atoms with Gasteiger partial charge in [0.05, 0.1) is 36.8 Å². The van der Waals surface area contributed by atoms with Crippen molar-refractivity contribution in [1.29, 1.82) is 0 Å². The zero-order valence-electron chi connectivity index (χ0n) is 21.7. The number of fused-ring (bicyclic) bond motifs is 3. The number of nitrogens with zero attached hydrogens (tertiary/aromatic N) is 4. The van der Waals surface area contributed by atoms with Crippen molar-refractivity contribution in [3.8, 4) is 17.3 Å². The minimum absolute atomic E-state index is 0.301. The van der Waals surface area contributed by atoms with Crippen LogP contribution in [0.15, 0.2) is 97.2 Å². The van der Waals surface area contributed by atoms with Crippen LogP contribution in [0.1, 0.15) is 35.5 Å². The predicted molar refractivity (Wildman–Crippen MR) is 148 cm³/mol. The fraction of sp³-hybridized carbons (Fsp3) is 0.161. The molecule has 0 fully saturated rings. The van der Waals surface area contributed by atoms with Crippen LogP contribution in [-0.4, -0.2) is 32.4 Å². The van der Waals surface area contributed by atoms with Gasteiger partial charge in [-0.3, -0.25) is 0 Å². The third-order valence-electron chi connectivity index (χ3n) is 7.07. The van der Waals surface area contributed by atoms with Crippen LogP contribution in [-0.2, 0) is 13.0 Å². The van der Waals surface area contributed by atoms with E-state index >= 15 is 0 Å². The summed E-state index contributed by atoms with van der Waals surface area (Å²) in [6.07, 6.45) is 2.72. The molecular weight excluding hydrogens is 493 g/mol. The van der Waals surface area contributed by atoms with Crippen LogP contribution in [0.25, 0.3) is 11.5 Å². The molecule has 1 aliphatic heterocycles. The molecule has 196 valence electrons. The molecular formula is C31H28FN5O2. The molecule has 1 aliphatic rings. The summed E-state index contributed by atoms with van der Waals surface area (Å²) in [4.78, 5) is 15.8. The monoisotopic (exact) mass is 521 g/mol. The van der Waals surface area contributed by atoms with Crippen molar-refractivity contribution in [3.05, 3.63) is 126 Å². The molecule has 2 aromatic heterocycles. The fourth-order valence-electron chi connectivity index (χ4n) is 5.24. The van der Waals surface area contributed by atoms with E-state index in [1.165, 1.54) is 12.1 Å². The number of anilines is 1. The molecule has 3 aromatic carbocycles. The maximum absolute atomic E-state index is 14.0. The number of hydrogen-bond donors (Lipinski definition) is 1. The Labute approximate surface area is 226 Å². The predicted octanol–water partition coefficient (Wildman–Crippen LogP) is 6.51. The first-order valence-electron chi connectivity index (χ1n) is 12.9. The summed E-state index contributed by atoms with van der Waals surface area (Å²) < 4.78 is 23.2. The van der Waals surface area contributed by atoms with Crippen LogP contribution < -0.4 is 10.1 Å². The third-order valence-corrected chi connectivity index (χ3v) is 7.07. The number of rotatable bonds is 5. The van der Waals surface area contributed by atoms with Gasteiger partial charge in [0.15, 0.2) is 0 Å². The van der Waals surface area contributed by atoms with E-state index < -0.39 is 6.04 Å². The minimum atomic E-state index is -0.433. The molecule has 0 saturated heterocycles. The summed E-state index contributed by atoms with van der Waals surface area (Å²) in [5, 5.41) is 7.97. The average molecular weight is 522 g/mol. The molecule has 0 saturated carbocycles. The maximum Gasteiger partial charge on any atom is 0.322 e. The van der Waals surface area contributed by atoms with Gasteiger partial charge in [0.2, 0.25) is 0 Å². The molecule has 3 heterocycles. The molecule has 0 unspecified atom stereocenters. The topological polar surface area (TPSA) is 64.3 Å². The van der Waals surface area contributed by atoms with Crippen LogP contribution in [0.5, 0.6) is 5.75 Å². The number of nitrogens with one attached hydrogen (secondary N) is 1. The highest BCUT2D eigenvalue weighted by Crippen LogP contribution is 2.39. The van der Waals surface area contributed by atoms with E-state index in [9.17, 15) is 9.18 Å². The second kappa shape index (κ2) is 10.1. The number of amides is 2. The van der Waals surface area contributed by atoms with Gasteiger partial charge in [-0.2, -0.15) is 5.10 Å². The van der Waals surface area contributed by atoms with Crippen molar-refractivity contribution in [3.63, 3.8) is 0 Å². The SMILES string of the molecule is CCc1nn(-c2ccccc2)c2c1CN(C(=O)Nc1ccc(F)cc1)[C@@H](c1cccc(OC)c1)c1cccn1-2. The van der Waals surface area contributed by atoms with Gasteiger partial charge >= 0.3 is 6.03 Å². The minimum Gasteiger partial charge on any atom is -0.497 e. The summed E-state index contributed by atoms with van der Waals surface area (Å²) in [6.45, 7) is 2.39. The van der Waals surface area contributed by atoms with E-state index in [0.717, 1.165) is 34.0 Å². The highest BCUT2D eigenvalue weighted by molar-refractivity contribution is 5.90. The van der Waals surface area contributed by atoms with Crippen LogP contribution in [0, 0.1) is 5.82 Å². The smallest absolute Gasteiger partial charge is 0.322 e. The molecule has 5 aromatic rings. The molecule has 0 radical (unpaired) electrons. The van der Waals surface area contributed by atoms with E-state index in [0.29, 0.717) is 24.4 Å². The number of carbonyl (C=O) groups excluding carboxylic acids is 1. The van der Waals surface area contributed by atoms with Gasteiger partial charge in [-0.05, 0) is 72.6 Å². The molecule has 6 rings (SSSR count). The van der Waals surface area contributed by atoms with E-state index in [2.05, 4.69) is 16.8 Å². The van der Waals surface area contributed by atoms with E-state index in [-0.39, 0.29) is 11.8 Å². The number of benzene rings is 3. The Balaban J connectivity index is 1.55. The van der Waals surface area contributed by atoms with Crippen molar-refractivity contribution in [2.45, 2.75) is 25.9 Å². The molecule has 39 heavy (non-hydrogen) atoms. The molecule has 0 aliphatic carbocycles. The maximum atomic E-state index is 14.0. The first-order valence-corrected chi connectivity index (χ1v) is 12.9. The van der Waals surface area contributed by atoms with Gasteiger partial charge in [-0.1, -0.05) is 37.3 Å². The van der Waals surface area contributed by atoms with Gasteiger partial charge in [0.25, 0.3) is 0 Å². The van der Waals surface area contributed by atoms with Gasteiger partial charge in [0, 0.05) is 17.4 Å². The van der Waals surface area contributed by atoms with Crippen LogP contribution in [0.4, 0.5) is 14.9 Å². The van der Waals surface area contributed by atoms with E-state index in [1.54, 1.807) is 19.2 Å². The Kier molecular flexibility index (Phi) is 6.36. The van der Waals surface area contributed by atoms with Gasteiger partial charge in [0.1, 0.15) is 17.4 Å². The van der Waals surface area contributed by atoms with E-state index in [4.69, 9.17) is 9.84 Å². The van der Waals surface area contributed by atoms with Gasteiger partial charge in [-0.25, -0.2) is 13.9 Å². The quantitative estimate of drug-likeness (QED) is 0.287. The normalized spacial score (nSPS) is 14.3. The van der Waals surface area contributed by atoms with Crippen molar-refractivity contribution in [2.24, 2.45) is 0 Å². The number of ether oxygens (including phenoxy) is 1. The number of methoxy groups -OCH3 is 1. The first kappa shape index (κ1) is 24.5. The van der Waals surface area contributed by atoms with Gasteiger partial charge < -0.3 is 19.5 Å². The summed E-state index contributed by atoms with van der Waals surface area (Å²) >= 11 is 0. The Morgan fingerprint density at radius 1 is 1.03 bits per heavy atom. The molecule has 2 amide bonds. The standard InChI is InChI=1S/C31H28FN5O2/c1-3-27-26-20-36(31(38)33-23-16-14-22(32)15-17-23)29(21-9-7-12-25(19-21)39-2)28-13-8-18-35(28)30(26)37(34-27)24-10-5-4-6-11-24/h4-19,29H,3,20H2,1-2H3,(H,33,38)/t29-/m0/s1.